The van der Waals surface area contributed by atoms with Crippen LogP contribution in [-0.2, 0) is 4.74 Å². The van der Waals surface area contributed by atoms with Crippen LogP contribution in [0, 0.1) is 0 Å². The third kappa shape index (κ3) is 3.64. The van der Waals surface area contributed by atoms with E-state index in [1.165, 1.54) is 19.3 Å². The average Bonchev–Trinajstić information content (AvgIpc) is 3.26. The molecule has 2 aliphatic rings. The Labute approximate surface area is 126 Å². The van der Waals surface area contributed by atoms with Crippen LogP contribution in [0.3, 0.4) is 0 Å². The van der Waals surface area contributed by atoms with Gasteiger partial charge >= 0.3 is 0 Å². The summed E-state index contributed by atoms with van der Waals surface area (Å²) in [7, 11) is 1.80. The van der Waals surface area contributed by atoms with Crippen LogP contribution in [0.15, 0.2) is 6.07 Å². The van der Waals surface area contributed by atoms with Gasteiger partial charge in [-0.3, -0.25) is 0 Å². The van der Waals surface area contributed by atoms with E-state index in [4.69, 9.17) is 9.72 Å². The number of anilines is 2. The SMILES string of the molecule is CCCNc1cc(NC2CCCC2OC)nc(C2CC2)n1. The molecule has 116 valence electrons. The molecule has 0 saturated heterocycles. The van der Waals surface area contributed by atoms with Gasteiger partial charge in [0.05, 0.1) is 12.1 Å². The molecule has 0 aliphatic heterocycles. The van der Waals surface area contributed by atoms with Gasteiger partial charge in [0.15, 0.2) is 0 Å². The summed E-state index contributed by atoms with van der Waals surface area (Å²) in [5.41, 5.74) is 0. The summed E-state index contributed by atoms with van der Waals surface area (Å²) in [5.74, 6) is 3.45. The zero-order valence-corrected chi connectivity index (χ0v) is 13.1. The Morgan fingerprint density at radius 3 is 2.71 bits per heavy atom. The van der Waals surface area contributed by atoms with Crippen molar-refractivity contribution in [2.45, 2.75) is 63.5 Å². The predicted molar refractivity (Wildman–Crippen MR) is 84.8 cm³/mol. The highest BCUT2D eigenvalue weighted by molar-refractivity contribution is 5.49. The molecule has 2 unspecified atom stereocenters. The molecule has 2 aliphatic carbocycles. The molecule has 1 aromatic rings. The molecule has 5 heteroatoms. The minimum Gasteiger partial charge on any atom is -0.379 e. The molecule has 1 heterocycles. The highest BCUT2D eigenvalue weighted by Crippen LogP contribution is 2.39. The van der Waals surface area contributed by atoms with Crippen molar-refractivity contribution in [3.63, 3.8) is 0 Å². The fraction of sp³-hybridized carbons (Fsp3) is 0.750. The lowest BCUT2D eigenvalue weighted by molar-refractivity contribution is 0.101. The molecule has 3 rings (SSSR count). The van der Waals surface area contributed by atoms with Crippen molar-refractivity contribution < 1.29 is 4.74 Å². The molecule has 0 aromatic carbocycles. The number of nitrogens with zero attached hydrogens (tertiary/aromatic N) is 2. The molecular weight excluding hydrogens is 264 g/mol. The summed E-state index contributed by atoms with van der Waals surface area (Å²) >= 11 is 0. The summed E-state index contributed by atoms with van der Waals surface area (Å²) in [4.78, 5) is 9.37. The molecule has 2 saturated carbocycles. The Morgan fingerprint density at radius 1 is 1.19 bits per heavy atom. The normalized spacial score (nSPS) is 25.0. The van der Waals surface area contributed by atoms with Crippen molar-refractivity contribution in [2.75, 3.05) is 24.3 Å². The van der Waals surface area contributed by atoms with Crippen LogP contribution in [0.25, 0.3) is 0 Å². The maximum absolute atomic E-state index is 5.56. The lowest BCUT2D eigenvalue weighted by Gasteiger charge is -2.21. The van der Waals surface area contributed by atoms with Gasteiger partial charge in [-0.15, -0.1) is 0 Å². The van der Waals surface area contributed by atoms with Gasteiger partial charge in [0, 0.05) is 25.6 Å². The number of ether oxygens (including phenoxy) is 1. The first kappa shape index (κ1) is 14.6. The molecule has 2 N–H and O–H groups in total. The van der Waals surface area contributed by atoms with E-state index in [2.05, 4.69) is 22.5 Å². The van der Waals surface area contributed by atoms with Crippen LogP contribution >= 0.6 is 0 Å². The van der Waals surface area contributed by atoms with Crippen molar-refractivity contribution in [1.82, 2.24) is 9.97 Å². The second-order valence-electron chi connectivity index (χ2n) is 6.15. The van der Waals surface area contributed by atoms with Crippen molar-refractivity contribution in [1.29, 1.82) is 0 Å². The first-order valence-corrected chi connectivity index (χ1v) is 8.22. The second-order valence-corrected chi connectivity index (χ2v) is 6.15. The molecule has 21 heavy (non-hydrogen) atoms. The summed E-state index contributed by atoms with van der Waals surface area (Å²) in [5, 5.41) is 6.95. The van der Waals surface area contributed by atoms with Crippen LogP contribution in [0.1, 0.15) is 57.2 Å². The lowest BCUT2D eigenvalue weighted by Crippen LogP contribution is -2.30. The molecule has 2 fully saturated rings. The highest BCUT2D eigenvalue weighted by atomic mass is 16.5. The van der Waals surface area contributed by atoms with E-state index in [1.54, 1.807) is 7.11 Å². The number of nitrogens with one attached hydrogen (secondary N) is 2. The van der Waals surface area contributed by atoms with Gasteiger partial charge in [-0.25, -0.2) is 9.97 Å². The van der Waals surface area contributed by atoms with Gasteiger partial charge < -0.3 is 15.4 Å². The second kappa shape index (κ2) is 6.60. The number of hydrogen-bond acceptors (Lipinski definition) is 5. The number of hydrogen-bond donors (Lipinski definition) is 2. The topological polar surface area (TPSA) is 59.1 Å². The van der Waals surface area contributed by atoms with E-state index in [-0.39, 0.29) is 0 Å². The summed E-state index contributed by atoms with van der Waals surface area (Å²) in [6.45, 7) is 3.11. The maximum atomic E-state index is 5.56. The first-order valence-electron chi connectivity index (χ1n) is 8.22. The van der Waals surface area contributed by atoms with Crippen molar-refractivity contribution in [2.24, 2.45) is 0 Å². The monoisotopic (exact) mass is 290 g/mol. The average molecular weight is 290 g/mol. The number of aromatic nitrogens is 2. The molecule has 0 amide bonds. The molecule has 2 atom stereocenters. The van der Waals surface area contributed by atoms with Gasteiger partial charge in [0.25, 0.3) is 0 Å². The molecule has 0 radical (unpaired) electrons. The fourth-order valence-corrected chi connectivity index (χ4v) is 2.97. The largest absolute Gasteiger partial charge is 0.379 e. The third-order valence-electron chi connectivity index (χ3n) is 4.33. The Morgan fingerprint density at radius 2 is 2.00 bits per heavy atom. The summed E-state index contributed by atoms with van der Waals surface area (Å²) in [6, 6.07) is 2.41. The molecule has 1 aromatic heterocycles. The zero-order valence-electron chi connectivity index (χ0n) is 13.1. The van der Waals surface area contributed by atoms with E-state index < -0.39 is 0 Å². The third-order valence-corrected chi connectivity index (χ3v) is 4.33. The zero-order chi connectivity index (χ0) is 14.7. The minimum absolute atomic E-state index is 0.302. The molecule has 5 nitrogen and oxygen atoms in total. The van der Waals surface area contributed by atoms with Crippen LogP contribution in [0.4, 0.5) is 11.6 Å². The summed E-state index contributed by atoms with van der Waals surface area (Å²) in [6.07, 6.45) is 7.35. The van der Waals surface area contributed by atoms with Crippen molar-refractivity contribution in [3.8, 4) is 0 Å². The van der Waals surface area contributed by atoms with E-state index in [1.807, 2.05) is 6.07 Å². The van der Waals surface area contributed by atoms with Crippen molar-refractivity contribution >= 4 is 11.6 Å². The van der Waals surface area contributed by atoms with Gasteiger partial charge in [0.2, 0.25) is 0 Å². The summed E-state index contributed by atoms with van der Waals surface area (Å²) < 4.78 is 5.56. The standard InChI is InChI=1S/C16H26N4O/c1-3-9-17-14-10-15(20-16(19-14)11-7-8-11)18-12-5-4-6-13(12)21-2/h10-13H,3-9H2,1-2H3,(H2,17,18,19,20). The van der Waals surface area contributed by atoms with Gasteiger partial charge in [0.1, 0.15) is 17.5 Å². The van der Waals surface area contributed by atoms with Gasteiger partial charge in [-0.1, -0.05) is 6.92 Å². The molecule has 0 spiro atoms. The van der Waals surface area contributed by atoms with Crippen LogP contribution < -0.4 is 10.6 Å². The maximum Gasteiger partial charge on any atom is 0.136 e. The van der Waals surface area contributed by atoms with E-state index in [0.717, 1.165) is 43.3 Å². The number of methoxy groups -OCH3 is 1. The van der Waals surface area contributed by atoms with Gasteiger partial charge in [-0.2, -0.15) is 0 Å². The Kier molecular flexibility index (Phi) is 4.58. The van der Waals surface area contributed by atoms with E-state index in [9.17, 15) is 0 Å². The fourth-order valence-electron chi connectivity index (χ4n) is 2.97. The van der Waals surface area contributed by atoms with Crippen LogP contribution in [0.2, 0.25) is 0 Å². The predicted octanol–water partition coefficient (Wildman–Crippen LogP) is 3.16. The smallest absolute Gasteiger partial charge is 0.136 e. The minimum atomic E-state index is 0.302. The molecular formula is C16H26N4O. The van der Waals surface area contributed by atoms with Crippen LogP contribution in [0.5, 0.6) is 0 Å². The van der Waals surface area contributed by atoms with E-state index in [0.29, 0.717) is 18.1 Å². The molecule has 0 bridgehead atoms. The van der Waals surface area contributed by atoms with E-state index >= 15 is 0 Å². The Balaban J connectivity index is 1.74. The van der Waals surface area contributed by atoms with Crippen molar-refractivity contribution in [3.05, 3.63) is 11.9 Å². The first-order chi connectivity index (χ1) is 10.3. The Hall–Kier alpha value is -1.36. The quantitative estimate of drug-likeness (QED) is 0.808. The van der Waals surface area contributed by atoms with Crippen LogP contribution in [-0.4, -0.2) is 35.8 Å². The highest BCUT2D eigenvalue weighted by Gasteiger charge is 2.30. The Bertz CT molecular complexity index is 475. The van der Waals surface area contributed by atoms with Gasteiger partial charge in [-0.05, 0) is 38.5 Å². The number of rotatable bonds is 7. The lowest BCUT2D eigenvalue weighted by atomic mass is 10.2.